The summed E-state index contributed by atoms with van der Waals surface area (Å²) in [6.07, 6.45) is 0.346. The number of halogens is 6. The highest BCUT2D eigenvalue weighted by molar-refractivity contribution is 8.11. The molecule has 22 heavy (non-hydrogen) atoms. The third-order valence-electron chi connectivity index (χ3n) is 4.39. The molecule has 0 amide bonds. The van der Waals surface area contributed by atoms with E-state index in [2.05, 4.69) is 0 Å². The molecule has 130 valence electrons. The fourth-order valence-corrected chi connectivity index (χ4v) is 8.53. The van der Waals surface area contributed by atoms with Gasteiger partial charge in [0.2, 0.25) is 0 Å². The third-order valence-corrected chi connectivity index (χ3v) is 9.82. The number of sulfone groups is 2. The lowest BCUT2D eigenvalue weighted by Crippen LogP contribution is -2.49. The summed E-state index contributed by atoms with van der Waals surface area (Å²) >= 11 is 0. The summed E-state index contributed by atoms with van der Waals surface area (Å²) in [6.45, 7) is 0. The van der Waals surface area contributed by atoms with Gasteiger partial charge in [-0.05, 0) is 24.7 Å². The van der Waals surface area contributed by atoms with E-state index >= 15 is 0 Å². The molecule has 0 bridgehead atoms. The van der Waals surface area contributed by atoms with Crippen molar-refractivity contribution in [3.8, 4) is 0 Å². The van der Waals surface area contributed by atoms with E-state index in [1.165, 1.54) is 0 Å². The molecule has 0 unspecified atom stereocenters. The van der Waals surface area contributed by atoms with Crippen molar-refractivity contribution in [2.24, 2.45) is 11.8 Å². The van der Waals surface area contributed by atoms with E-state index in [-0.39, 0.29) is 25.7 Å². The van der Waals surface area contributed by atoms with Crippen LogP contribution in [0.4, 0.5) is 26.3 Å². The van der Waals surface area contributed by atoms with E-state index in [1.54, 1.807) is 0 Å². The summed E-state index contributed by atoms with van der Waals surface area (Å²) < 4.78 is 120. The van der Waals surface area contributed by atoms with E-state index in [4.69, 9.17) is 0 Å². The molecule has 2 saturated carbocycles. The number of hydrogen-bond donors (Lipinski definition) is 0. The van der Waals surface area contributed by atoms with Gasteiger partial charge in [0, 0.05) is 0 Å². The monoisotopic (exact) mass is 374 g/mol. The summed E-state index contributed by atoms with van der Waals surface area (Å²) in [5.74, 6) is -3.32. The van der Waals surface area contributed by atoms with Gasteiger partial charge in [-0.3, -0.25) is 0 Å². The molecule has 0 spiro atoms. The van der Waals surface area contributed by atoms with Crippen molar-refractivity contribution in [2.45, 2.75) is 47.2 Å². The Labute approximate surface area is 122 Å². The van der Waals surface area contributed by atoms with E-state index < -0.39 is 46.6 Å². The Bertz CT molecular complexity index is 603. The summed E-state index contributed by atoms with van der Waals surface area (Å²) in [6, 6.07) is 0. The van der Waals surface area contributed by atoms with Crippen LogP contribution in [0.1, 0.15) is 32.1 Å². The van der Waals surface area contributed by atoms with E-state index in [0.717, 1.165) is 0 Å². The molecular weight excluding hydrogens is 362 g/mol. The summed E-state index contributed by atoms with van der Waals surface area (Å²) in [4.78, 5) is 0. The van der Waals surface area contributed by atoms with Gasteiger partial charge in [0.05, 0.1) is 0 Å². The fraction of sp³-hybridized carbons (Fsp3) is 1.00. The maximum Gasteiger partial charge on any atom is 0.498 e. The molecule has 0 aromatic heterocycles. The smallest absolute Gasteiger partial charge is 0.218 e. The quantitative estimate of drug-likeness (QED) is 0.697. The first-order valence-electron chi connectivity index (χ1n) is 6.34. The second kappa shape index (κ2) is 4.74. The number of alkyl halides is 6. The van der Waals surface area contributed by atoms with Gasteiger partial charge in [-0.15, -0.1) is 0 Å². The zero-order valence-corrected chi connectivity index (χ0v) is 12.5. The molecule has 0 aromatic carbocycles. The van der Waals surface area contributed by atoms with Crippen molar-refractivity contribution in [3.05, 3.63) is 0 Å². The largest absolute Gasteiger partial charge is 0.498 e. The summed E-state index contributed by atoms with van der Waals surface area (Å²) in [5, 5.41) is 0. The van der Waals surface area contributed by atoms with Crippen molar-refractivity contribution in [2.75, 3.05) is 0 Å². The Morgan fingerprint density at radius 3 is 1.27 bits per heavy atom. The average Bonchev–Trinajstić information content (AvgIpc) is 2.96. The molecule has 2 rings (SSSR count). The van der Waals surface area contributed by atoms with Crippen LogP contribution in [0.15, 0.2) is 0 Å². The van der Waals surface area contributed by atoms with Gasteiger partial charge >= 0.3 is 11.0 Å². The van der Waals surface area contributed by atoms with E-state index in [0.29, 0.717) is 6.42 Å². The molecule has 2 aliphatic rings. The Balaban J connectivity index is 2.71. The van der Waals surface area contributed by atoms with Gasteiger partial charge in [0.25, 0.3) is 19.7 Å². The van der Waals surface area contributed by atoms with Gasteiger partial charge in [0.1, 0.15) is 0 Å². The van der Waals surface area contributed by atoms with Crippen molar-refractivity contribution < 1.29 is 43.2 Å². The second-order valence-electron chi connectivity index (χ2n) is 5.47. The topological polar surface area (TPSA) is 68.3 Å². The Hall–Kier alpha value is -0.520. The normalized spacial score (nSPS) is 29.5. The lowest BCUT2D eigenvalue weighted by Gasteiger charge is -2.23. The van der Waals surface area contributed by atoms with Gasteiger partial charge in [-0.1, -0.05) is 19.3 Å². The molecule has 2 atom stereocenters. The predicted octanol–water partition coefficient (Wildman–Crippen LogP) is 2.76. The van der Waals surface area contributed by atoms with Crippen molar-refractivity contribution in [1.82, 2.24) is 0 Å². The lowest BCUT2D eigenvalue weighted by atomic mass is 10.2. The standard InChI is InChI=1S/C10H12F6O4S2/c11-9(12,13)21(17,18)8(22(19,20)10(14,15)16)6-4-2-1-3-5-7(6)8/h6-7H,1-5H2/t6-,7+. The molecule has 0 heterocycles. The highest BCUT2D eigenvalue weighted by Gasteiger charge is 2.87. The Kier molecular flexibility index (Phi) is 3.84. The molecule has 12 heteroatoms. The molecule has 0 aliphatic heterocycles. The zero-order chi connectivity index (χ0) is 17.2. The highest BCUT2D eigenvalue weighted by atomic mass is 32.3. The molecule has 0 saturated heterocycles. The average molecular weight is 374 g/mol. The van der Waals surface area contributed by atoms with Crippen molar-refractivity contribution >= 4 is 19.7 Å². The molecule has 4 nitrogen and oxygen atoms in total. The maximum atomic E-state index is 12.8. The predicted molar refractivity (Wildman–Crippen MR) is 62.7 cm³/mol. The molecule has 0 aromatic rings. The van der Waals surface area contributed by atoms with Crippen LogP contribution in [0, 0.1) is 11.8 Å². The number of rotatable bonds is 2. The van der Waals surface area contributed by atoms with Crippen molar-refractivity contribution in [1.29, 1.82) is 0 Å². The van der Waals surface area contributed by atoms with Gasteiger partial charge in [0.15, 0.2) is 4.08 Å². The third kappa shape index (κ3) is 2.01. The maximum absolute atomic E-state index is 12.8. The van der Waals surface area contributed by atoms with Crippen LogP contribution in [0.3, 0.4) is 0 Å². The number of hydrogen-bond acceptors (Lipinski definition) is 4. The minimum absolute atomic E-state index is 0.198. The Morgan fingerprint density at radius 1 is 0.682 bits per heavy atom. The first kappa shape index (κ1) is 17.8. The van der Waals surface area contributed by atoms with Crippen LogP contribution in [0.25, 0.3) is 0 Å². The summed E-state index contributed by atoms with van der Waals surface area (Å²) in [7, 11) is -13.0. The fourth-order valence-electron chi connectivity index (χ4n) is 3.49. The van der Waals surface area contributed by atoms with Crippen molar-refractivity contribution in [3.63, 3.8) is 0 Å². The van der Waals surface area contributed by atoms with Gasteiger partial charge in [-0.25, -0.2) is 16.8 Å². The SMILES string of the molecule is O=S(=O)(C(F)(F)F)C1(S(=O)(=O)C(F)(F)F)[C@@H]2CCCCC[C@@H]21. The first-order valence-corrected chi connectivity index (χ1v) is 9.31. The van der Waals surface area contributed by atoms with Crippen LogP contribution < -0.4 is 0 Å². The van der Waals surface area contributed by atoms with Gasteiger partial charge < -0.3 is 0 Å². The van der Waals surface area contributed by atoms with Crippen LogP contribution in [0.5, 0.6) is 0 Å². The molecular formula is C10H12F6O4S2. The minimum Gasteiger partial charge on any atom is -0.218 e. The molecule has 2 aliphatic carbocycles. The van der Waals surface area contributed by atoms with Crippen LogP contribution >= 0.6 is 0 Å². The van der Waals surface area contributed by atoms with Crippen LogP contribution in [-0.2, 0) is 19.7 Å². The highest BCUT2D eigenvalue weighted by Crippen LogP contribution is 2.69. The second-order valence-corrected chi connectivity index (χ2v) is 10.0. The van der Waals surface area contributed by atoms with Gasteiger partial charge in [-0.2, -0.15) is 26.3 Å². The number of fused-ring (bicyclic) bond motifs is 1. The van der Waals surface area contributed by atoms with Crippen LogP contribution in [-0.4, -0.2) is 31.9 Å². The lowest BCUT2D eigenvalue weighted by molar-refractivity contribution is -0.0481. The molecule has 0 radical (unpaired) electrons. The molecule has 0 N–H and O–H groups in total. The van der Waals surface area contributed by atoms with E-state index in [1.807, 2.05) is 0 Å². The van der Waals surface area contributed by atoms with Crippen LogP contribution in [0.2, 0.25) is 0 Å². The minimum atomic E-state index is -6.51. The first-order chi connectivity index (χ1) is 9.73. The zero-order valence-electron chi connectivity index (χ0n) is 10.9. The Morgan fingerprint density at radius 2 is 1.00 bits per heavy atom. The molecule has 2 fully saturated rings. The van der Waals surface area contributed by atoms with E-state index in [9.17, 15) is 43.2 Å². The summed E-state index contributed by atoms with van der Waals surface area (Å²) in [5.41, 5.74) is -12.1.